The van der Waals surface area contributed by atoms with Crippen molar-refractivity contribution in [3.05, 3.63) is 106 Å². The van der Waals surface area contributed by atoms with Gasteiger partial charge in [0.25, 0.3) is 0 Å². The van der Waals surface area contributed by atoms with E-state index in [0.29, 0.717) is 28.7 Å². The molecule has 45 heavy (non-hydrogen) atoms. The molecule has 0 saturated heterocycles. The Morgan fingerprint density at radius 2 is 1.73 bits per heavy atom. The number of ether oxygens (including phenoxy) is 1. The van der Waals surface area contributed by atoms with E-state index in [9.17, 15) is 18.0 Å². The van der Waals surface area contributed by atoms with Crippen LogP contribution >= 0.6 is 11.3 Å². The highest BCUT2D eigenvalue weighted by Gasteiger charge is 2.31. The molecule has 0 fully saturated rings. The molecule has 0 saturated carbocycles. The normalized spacial score (nSPS) is 12.2. The highest BCUT2D eigenvalue weighted by molar-refractivity contribution is 7.07. The van der Waals surface area contributed by atoms with E-state index in [1.165, 1.54) is 52.2 Å². The first kappa shape index (κ1) is 31.9. The van der Waals surface area contributed by atoms with Gasteiger partial charge >= 0.3 is 6.36 Å². The molecule has 7 nitrogen and oxygen atoms in total. The summed E-state index contributed by atoms with van der Waals surface area (Å²) in [5.74, 6) is 0.417. The lowest BCUT2D eigenvalue weighted by molar-refractivity contribution is -0.274. The van der Waals surface area contributed by atoms with Crippen molar-refractivity contribution in [2.24, 2.45) is 4.99 Å². The highest BCUT2D eigenvalue weighted by Crippen LogP contribution is 2.26. The Labute approximate surface area is 263 Å². The number of hydrogen-bond acceptors (Lipinski definition) is 5. The number of benzene rings is 3. The molecule has 5 aromatic rings. The summed E-state index contributed by atoms with van der Waals surface area (Å²) in [6, 6.07) is 19.7. The van der Waals surface area contributed by atoms with Gasteiger partial charge in [-0.15, -0.1) is 29.6 Å². The molecule has 0 radical (unpaired) electrons. The van der Waals surface area contributed by atoms with Gasteiger partial charge in [0, 0.05) is 23.1 Å². The third kappa shape index (κ3) is 8.16. The van der Waals surface area contributed by atoms with Crippen molar-refractivity contribution in [1.29, 1.82) is 0 Å². The Kier molecular flexibility index (Phi) is 9.67. The summed E-state index contributed by atoms with van der Waals surface area (Å²) in [6.07, 6.45) is -0.455. The van der Waals surface area contributed by atoms with E-state index in [1.807, 2.05) is 36.6 Å². The molecule has 0 N–H and O–H groups in total. The number of hydrogen-bond donors (Lipinski definition) is 0. The first-order valence-electron chi connectivity index (χ1n) is 14.7. The minimum Gasteiger partial charge on any atom is -0.406 e. The average Bonchev–Trinajstić information content (AvgIpc) is 3.62. The van der Waals surface area contributed by atoms with Crippen LogP contribution in [0.2, 0.25) is 0 Å². The van der Waals surface area contributed by atoms with Gasteiger partial charge in [0.1, 0.15) is 12.1 Å². The second kappa shape index (κ2) is 13.6. The van der Waals surface area contributed by atoms with Gasteiger partial charge in [-0.2, -0.15) is 4.99 Å². The van der Waals surface area contributed by atoms with Crippen LogP contribution in [0, 0.1) is 13.8 Å². The van der Waals surface area contributed by atoms with E-state index < -0.39 is 6.36 Å². The predicted molar refractivity (Wildman–Crippen MR) is 169 cm³/mol. The van der Waals surface area contributed by atoms with Crippen LogP contribution < -0.4 is 9.54 Å². The van der Waals surface area contributed by atoms with Crippen LogP contribution in [0.5, 0.6) is 5.75 Å². The largest absolute Gasteiger partial charge is 0.573 e. The average molecular weight is 634 g/mol. The molecule has 11 heteroatoms. The lowest BCUT2D eigenvalue weighted by Gasteiger charge is -2.16. The Balaban J connectivity index is 1.16. The zero-order chi connectivity index (χ0) is 32.1. The number of carbonyl (C=O) groups excluding carboxylic acids is 1. The van der Waals surface area contributed by atoms with E-state index in [-0.39, 0.29) is 11.7 Å². The third-order valence-electron chi connectivity index (χ3n) is 7.29. The van der Waals surface area contributed by atoms with Crippen LogP contribution in [-0.2, 0) is 11.2 Å². The van der Waals surface area contributed by atoms with Crippen molar-refractivity contribution in [3.63, 3.8) is 0 Å². The van der Waals surface area contributed by atoms with E-state index in [4.69, 9.17) is 0 Å². The summed E-state index contributed by atoms with van der Waals surface area (Å²) >= 11 is 1.48. The van der Waals surface area contributed by atoms with Crippen LogP contribution in [0.4, 0.5) is 13.2 Å². The standard InChI is InChI=1S/C34H34F3N5O2S/c1-22(2)29-18-9-23(3)19-30(29)42-24(4)20-45-33(42)39-31(43)8-6-5-7-25-10-12-26(13-11-25)32-38-21-41(40-32)27-14-16-28(17-15-27)44-34(35,36)37/h9-22H,5-8H2,1-4H3. The molecule has 0 atom stereocenters. The second-order valence-electron chi connectivity index (χ2n) is 11.2. The Morgan fingerprint density at radius 3 is 2.42 bits per heavy atom. The number of thiazole rings is 1. The second-order valence-corrected chi connectivity index (χ2v) is 12.0. The Morgan fingerprint density at radius 1 is 1.00 bits per heavy atom. The van der Waals surface area contributed by atoms with E-state index in [0.717, 1.165) is 47.3 Å². The third-order valence-corrected chi connectivity index (χ3v) is 8.24. The van der Waals surface area contributed by atoms with Gasteiger partial charge < -0.3 is 4.74 Å². The van der Waals surface area contributed by atoms with Gasteiger partial charge in [-0.1, -0.05) is 50.2 Å². The van der Waals surface area contributed by atoms with Gasteiger partial charge in [-0.3, -0.25) is 9.36 Å². The summed E-state index contributed by atoms with van der Waals surface area (Å²) in [6.45, 7) is 8.45. The summed E-state index contributed by atoms with van der Waals surface area (Å²) in [5, 5.41) is 6.49. The van der Waals surface area contributed by atoms with Crippen LogP contribution in [-0.4, -0.2) is 31.6 Å². The van der Waals surface area contributed by atoms with E-state index in [2.05, 4.69) is 63.3 Å². The quantitative estimate of drug-likeness (QED) is 0.145. The fraction of sp³-hybridized carbons (Fsp3) is 0.294. The maximum atomic E-state index is 12.8. The molecule has 0 spiro atoms. The molecule has 0 aliphatic carbocycles. The number of halogens is 3. The zero-order valence-corrected chi connectivity index (χ0v) is 26.3. The summed E-state index contributed by atoms with van der Waals surface area (Å²) in [5.41, 5.74) is 7.02. The number of unbranched alkanes of at least 4 members (excludes halogenated alkanes) is 1. The topological polar surface area (TPSA) is 74.3 Å². The van der Waals surface area contributed by atoms with Gasteiger partial charge in [0.15, 0.2) is 10.6 Å². The first-order chi connectivity index (χ1) is 21.5. The highest BCUT2D eigenvalue weighted by atomic mass is 32.1. The van der Waals surface area contributed by atoms with Crippen molar-refractivity contribution >= 4 is 17.2 Å². The van der Waals surface area contributed by atoms with Gasteiger partial charge in [-0.25, -0.2) is 9.67 Å². The molecule has 3 aromatic carbocycles. The van der Waals surface area contributed by atoms with Crippen LogP contribution in [0.15, 0.2) is 83.4 Å². The Bertz CT molecular complexity index is 1840. The number of amides is 1. The maximum absolute atomic E-state index is 12.8. The van der Waals surface area contributed by atoms with E-state index in [1.54, 1.807) is 0 Å². The number of alkyl halides is 3. The molecule has 234 valence electrons. The molecular formula is C34H34F3N5O2S. The molecular weight excluding hydrogens is 599 g/mol. The maximum Gasteiger partial charge on any atom is 0.573 e. The zero-order valence-electron chi connectivity index (χ0n) is 25.5. The molecule has 0 bridgehead atoms. The van der Waals surface area contributed by atoms with Crippen LogP contribution in [0.1, 0.15) is 61.4 Å². The van der Waals surface area contributed by atoms with Crippen molar-refractivity contribution in [3.8, 4) is 28.5 Å². The van der Waals surface area contributed by atoms with Crippen molar-refractivity contribution in [1.82, 2.24) is 19.3 Å². The summed E-state index contributed by atoms with van der Waals surface area (Å²) in [4.78, 5) is 22.4. The number of nitrogens with zero attached hydrogens (tertiary/aromatic N) is 5. The summed E-state index contributed by atoms with van der Waals surface area (Å²) in [7, 11) is 0. The lowest BCUT2D eigenvalue weighted by atomic mass is 9.99. The van der Waals surface area contributed by atoms with Gasteiger partial charge in [-0.05, 0) is 86.1 Å². The summed E-state index contributed by atoms with van der Waals surface area (Å²) < 4.78 is 44.7. The fourth-order valence-corrected chi connectivity index (χ4v) is 5.89. The Hall–Kier alpha value is -4.51. The first-order valence-corrected chi connectivity index (χ1v) is 15.6. The van der Waals surface area contributed by atoms with Gasteiger partial charge in [0.05, 0.1) is 11.4 Å². The molecule has 0 unspecified atom stereocenters. The fourth-order valence-electron chi connectivity index (χ4n) is 5.01. The smallest absolute Gasteiger partial charge is 0.406 e. The van der Waals surface area contributed by atoms with Crippen molar-refractivity contribution in [2.45, 2.75) is 65.7 Å². The molecule has 1 amide bonds. The van der Waals surface area contributed by atoms with Gasteiger partial charge in [0.2, 0.25) is 5.91 Å². The number of aromatic nitrogens is 4. The molecule has 0 aliphatic rings. The monoisotopic (exact) mass is 633 g/mol. The number of aryl methyl sites for hydroxylation is 3. The minimum absolute atomic E-state index is 0.121. The molecule has 2 heterocycles. The van der Waals surface area contributed by atoms with Crippen LogP contribution in [0.25, 0.3) is 22.8 Å². The minimum atomic E-state index is -4.74. The molecule has 0 aliphatic heterocycles. The van der Waals surface area contributed by atoms with Crippen LogP contribution in [0.3, 0.4) is 0 Å². The van der Waals surface area contributed by atoms with Crippen molar-refractivity contribution < 1.29 is 22.7 Å². The van der Waals surface area contributed by atoms with E-state index >= 15 is 0 Å². The molecule has 2 aromatic heterocycles. The number of carbonyl (C=O) groups is 1. The molecule has 5 rings (SSSR count). The van der Waals surface area contributed by atoms with Crippen molar-refractivity contribution in [2.75, 3.05) is 0 Å². The predicted octanol–water partition coefficient (Wildman–Crippen LogP) is 8.27. The SMILES string of the molecule is Cc1ccc(C(C)C)c(-n2c(C)csc2=NC(=O)CCCCc2ccc(-c3ncn(-c4ccc(OC(F)(F)F)cc4)n3)cc2)c1. The number of rotatable bonds is 10. The lowest BCUT2D eigenvalue weighted by Crippen LogP contribution is -2.18.